The predicted molar refractivity (Wildman–Crippen MR) is 137 cm³/mol. The van der Waals surface area contributed by atoms with E-state index in [0.29, 0.717) is 5.69 Å². The Bertz CT molecular complexity index is 1340. The van der Waals surface area contributed by atoms with E-state index in [4.69, 9.17) is 0 Å². The number of anilines is 1. The number of hydrogen-bond acceptors (Lipinski definition) is 4. The second-order valence-corrected chi connectivity index (χ2v) is 10.4. The molecule has 3 rings (SSSR count). The van der Waals surface area contributed by atoms with Crippen molar-refractivity contribution in [3.8, 4) is 0 Å². The average Bonchev–Trinajstić information content (AvgIpc) is 2.85. The second-order valence-electron chi connectivity index (χ2n) is 8.57. The van der Waals surface area contributed by atoms with Gasteiger partial charge in [0.15, 0.2) is 0 Å². The molecule has 1 N–H and O–H groups in total. The number of likely N-dealkylation sites (N-methyl/N-ethyl adjacent to an activating group) is 1. The fraction of sp³-hybridized carbons (Fsp3) is 0.259. The number of aryl methyl sites for hydroxylation is 2. The summed E-state index contributed by atoms with van der Waals surface area (Å²) in [6.07, 6.45) is 0. The molecule has 0 unspecified atom stereocenters. The Hall–Kier alpha value is -3.72. The van der Waals surface area contributed by atoms with Gasteiger partial charge in [-0.1, -0.05) is 48.0 Å². The Labute approximate surface area is 211 Å². The highest BCUT2D eigenvalue weighted by Gasteiger charge is 2.32. The van der Waals surface area contributed by atoms with Crippen LogP contribution in [0.4, 0.5) is 10.1 Å². The van der Waals surface area contributed by atoms with E-state index in [-0.39, 0.29) is 17.0 Å². The quantitative estimate of drug-likeness (QED) is 0.474. The smallest absolute Gasteiger partial charge is 0.264 e. The third-order valence-corrected chi connectivity index (χ3v) is 7.68. The maximum Gasteiger partial charge on any atom is 0.264 e. The van der Waals surface area contributed by atoms with E-state index in [0.717, 1.165) is 15.4 Å². The van der Waals surface area contributed by atoms with E-state index in [1.807, 2.05) is 19.9 Å². The fourth-order valence-corrected chi connectivity index (χ4v) is 5.16. The van der Waals surface area contributed by atoms with Crippen molar-refractivity contribution in [2.24, 2.45) is 0 Å². The summed E-state index contributed by atoms with van der Waals surface area (Å²) in [5.41, 5.74) is 2.22. The minimum atomic E-state index is -4.14. The molecule has 3 aromatic rings. The van der Waals surface area contributed by atoms with Crippen LogP contribution in [0.2, 0.25) is 0 Å². The van der Waals surface area contributed by atoms with E-state index >= 15 is 0 Å². The standard InChI is InChI=1S/C27H30FN3O4S/c1-19-12-14-24(15-13-19)36(34,35)31(23-10-7-8-20(2)16-23)18-26(32)30(21(3)27(33)29-4)17-22-9-5-6-11-25(22)28/h5-16,21H,17-18H2,1-4H3,(H,29,33)/t21-/m0/s1. The van der Waals surface area contributed by atoms with Crippen molar-refractivity contribution in [2.75, 3.05) is 17.9 Å². The van der Waals surface area contributed by atoms with Gasteiger partial charge in [0.25, 0.3) is 10.0 Å². The van der Waals surface area contributed by atoms with Gasteiger partial charge < -0.3 is 10.2 Å². The van der Waals surface area contributed by atoms with Crippen LogP contribution in [0, 0.1) is 19.7 Å². The molecule has 0 aromatic heterocycles. The summed E-state index contributed by atoms with van der Waals surface area (Å²) in [5, 5.41) is 2.50. The minimum Gasteiger partial charge on any atom is -0.357 e. The first-order valence-corrected chi connectivity index (χ1v) is 12.9. The van der Waals surface area contributed by atoms with Gasteiger partial charge in [0.1, 0.15) is 18.4 Å². The van der Waals surface area contributed by atoms with Gasteiger partial charge in [0.05, 0.1) is 10.6 Å². The number of hydrogen-bond donors (Lipinski definition) is 1. The SMILES string of the molecule is CNC(=O)[C@H](C)N(Cc1ccccc1F)C(=O)CN(c1cccc(C)c1)S(=O)(=O)c1ccc(C)cc1. The third-order valence-electron chi connectivity index (χ3n) is 5.89. The van der Waals surface area contributed by atoms with Crippen LogP contribution in [0.25, 0.3) is 0 Å². The molecular weight excluding hydrogens is 481 g/mol. The largest absolute Gasteiger partial charge is 0.357 e. The number of nitrogens with one attached hydrogen (secondary N) is 1. The van der Waals surface area contributed by atoms with Gasteiger partial charge in [-0.3, -0.25) is 13.9 Å². The highest BCUT2D eigenvalue weighted by Crippen LogP contribution is 2.26. The summed E-state index contributed by atoms with van der Waals surface area (Å²) in [6.45, 7) is 4.41. The molecule has 7 nitrogen and oxygen atoms in total. The van der Waals surface area contributed by atoms with E-state index < -0.39 is 40.2 Å². The Balaban J connectivity index is 2.05. The van der Waals surface area contributed by atoms with Crippen molar-refractivity contribution in [1.82, 2.24) is 10.2 Å². The number of amides is 2. The normalized spacial score (nSPS) is 12.0. The van der Waals surface area contributed by atoms with Crippen molar-refractivity contribution in [3.05, 3.63) is 95.3 Å². The maximum absolute atomic E-state index is 14.4. The van der Waals surface area contributed by atoms with E-state index in [2.05, 4.69) is 5.32 Å². The topological polar surface area (TPSA) is 86.8 Å². The first kappa shape index (κ1) is 26.9. The zero-order valence-electron chi connectivity index (χ0n) is 20.7. The van der Waals surface area contributed by atoms with Crippen LogP contribution in [-0.4, -0.2) is 44.8 Å². The van der Waals surface area contributed by atoms with Crippen LogP contribution >= 0.6 is 0 Å². The Morgan fingerprint density at radius 1 is 0.944 bits per heavy atom. The molecule has 0 saturated carbocycles. The first-order valence-electron chi connectivity index (χ1n) is 11.4. The molecule has 0 radical (unpaired) electrons. The van der Waals surface area contributed by atoms with Crippen molar-refractivity contribution < 1.29 is 22.4 Å². The molecule has 36 heavy (non-hydrogen) atoms. The number of carbonyl (C=O) groups excluding carboxylic acids is 2. The van der Waals surface area contributed by atoms with Crippen molar-refractivity contribution in [1.29, 1.82) is 0 Å². The monoisotopic (exact) mass is 511 g/mol. The van der Waals surface area contributed by atoms with Gasteiger partial charge in [-0.05, 0) is 56.7 Å². The molecule has 0 aliphatic heterocycles. The molecule has 9 heteroatoms. The minimum absolute atomic E-state index is 0.0300. The van der Waals surface area contributed by atoms with Gasteiger partial charge >= 0.3 is 0 Å². The summed E-state index contributed by atoms with van der Waals surface area (Å²) < 4.78 is 42.9. The molecule has 0 aliphatic rings. The molecular formula is C27H30FN3O4S. The van der Waals surface area contributed by atoms with Crippen LogP contribution in [0.1, 0.15) is 23.6 Å². The van der Waals surface area contributed by atoms with Gasteiger partial charge in [0, 0.05) is 19.2 Å². The molecule has 0 aliphatic carbocycles. The fourth-order valence-electron chi connectivity index (χ4n) is 3.75. The van der Waals surface area contributed by atoms with E-state index in [9.17, 15) is 22.4 Å². The van der Waals surface area contributed by atoms with E-state index in [1.54, 1.807) is 36.4 Å². The summed E-state index contributed by atoms with van der Waals surface area (Å²) >= 11 is 0. The van der Waals surface area contributed by atoms with Crippen LogP contribution < -0.4 is 9.62 Å². The van der Waals surface area contributed by atoms with Crippen molar-refractivity contribution in [3.63, 3.8) is 0 Å². The predicted octanol–water partition coefficient (Wildman–Crippen LogP) is 3.80. The number of halogens is 1. The molecule has 3 aromatic carbocycles. The van der Waals surface area contributed by atoms with E-state index in [1.165, 1.54) is 49.2 Å². The molecule has 0 heterocycles. The molecule has 190 valence electrons. The molecule has 0 bridgehead atoms. The number of nitrogens with zero attached hydrogens (tertiary/aromatic N) is 2. The van der Waals surface area contributed by atoms with Crippen LogP contribution in [0.15, 0.2) is 77.7 Å². The molecule has 0 saturated heterocycles. The summed E-state index contributed by atoms with van der Waals surface area (Å²) in [5.74, 6) is -1.63. The van der Waals surface area contributed by atoms with Gasteiger partial charge in [0.2, 0.25) is 11.8 Å². The average molecular weight is 512 g/mol. The lowest BCUT2D eigenvalue weighted by Gasteiger charge is -2.32. The number of sulfonamides is 1. The van der Waals surface area contributed by atoms with Gasteiger partial charge in [-0.2, -0.15) is 0 Å². The van der Waals surface area contributed by atoms with Crippen molar-refractivity contribution >= 4 is 27.5 Å². The summed E-state index contributed by atoms with van der Waals surface area (Å²) in [7, 11) is -2.70. The van der Waals surface area contributed by atoms with Crippen molar-refractivity contribution in [2.45, 2.75) is 38.3 Å². The second kappa shape index (κ2) is 11.3. The molecule has 1 atom stereocenters. The van der Waals surface area contributed by atoms with Crippen LogP contribution in [-0.2, 0) is 26.2 Å². The lowest BCUT2D eigenvalue weighted by Crippen LogP contribution is -2.50. The van der Waals surface area contributed by atoms with Crippen LogP contribution in [0.5, 0.6) is 0 Å². The zero-order chi connectivity index (χ0) is 26.5. The maximum atomic E-state index is 14.4. The third kappa shape index (κ3) is 6.09. The lowest BCUT2D eigenvalue weighted by molar-refractivity contribution is -0.139. The summed E-state index contributed by atoms with van der Waals surface area (Å²) in [4.78, 5) is 27.3. The molecule has 2 amide bonds. The Morgan fingerprint density at radius 3 is 2.22 bits per heavy atom. The van der Waals surface area contributed by atoms with Gasteiger partial charge in [-0.25, -0.2) is 12.8 Å². The highest BCUT2D eigenvalue weighted by molar-refractivity contribution is 7.92. The number of benzene rings is 3. The summed E-state index contributed by atoms with van der Waals surface area (Å²) in [6, 6.07) is 18.1. The Morgan fingerprint density at radius 2 is 1.61 bits per heavy atom. The van der Waals surface area contributed by atoms with Crippen LogP contribution in [0.3, 0.4) is 0 Å². The molecule has 0 fully saturated rings. The number of carbonyl (C=O) groups is 2. The Kier molecular flexibility index (Phi) is 8.47. The lowest BCUT2D eigenvalue weighted by atomic mass is 10.1. The first-order chi connectivity index (χ1) is 17.0. The number of rotatable bonds is 9. The highest BCUT2D eigenvalue weighted by atomic mass is 32.2. The zero-order valence-corrected chi connectivity index (χ0v) is 21.5. The molecule has 0 spiro atoms. The van der Waals surface area contributed by atoms with Gasteiger partial charge in [-0.15, -0.1) is 0 Å².